The Balaban J connectivity index is 1.67. The summed E-state index contributed by atoms with van der Waals surface area (Å²) in [6.07, 6.45) is 5.67. The minimum absolute atomic E-state index is 0.00463. The second-order valence-corrected chi connectivity index (χ2v) is 13.1. The summed E-state index contributed by atoms with van der Waals surface area (Å²) in [7, 11) is -0.536. The number of ketones is 1. The van der Waals surface area contributed by atoms with Crippen molar-refractivity contribution in [3.05, 3.63) is 10.1 Å². The first-order valence-electron chi connectivity index (χ1n) is 13.6. The minimum atomic E-state index is -0.779. The predicted octanol–water partition coefficient (Wildman–Crippen LogP) is 2.60. The average molecular weight is 554 g/mol. The number of hydrogen-bond acceptors (Lipinski definition) is 8. The van der Waals surface area contributed by atoms with Crippen LogP contribution in [0, 0.1) is 39.2 Å². The van der Waals surface area contributed by atoms with Crippen molar-refractivity contribution >= 4 is 36.5 Å². The minimum Gasteiger partial charge on any atom is -0.404 e. The van der Waals surface area contributed by atoms with Gasteiger partial charge in [-0.05, 0) is 68.5 Å². The molecular formula is C25H44BN5O6S. The van der Waals surface area contributed by atoms with Crippen molar-refractivity contribution in [2.75, 3.05) is 18.6 Å². The molecule has 0 aromatic rings. The van der Waals surface area contributed by atoms with Crippen molar-refractivity contribution in [3.8, 4) is 0 Å². The smallest absolute Gasteiger partial charge is 0.404 e. The lowest BCUT2D eigenvalue weighted by atomic mass is 9.43. The van der Waals surface area contributed by atoms with Crippen LogP contribution < -0.4 is 16.5 Å². The van der Waals surface area contributed by atoms with Gasteiger partial charge in [-0.3, -0.25) is 9.59 Å². The molecule has 6 atom stereocenters. The van der Waals surface area contributed by atoms with Gasteiger partial charge in [-0.1, -0.05) is 33.1 Å². The summed E-state index contributed by atoms with van der Waals surface area (Å²) >= 11 is 1.43. The van der Waals surface area contributed by atoms with E-state index in [1.54, 1.807) is 5.43 Å². The SMILES string of the molecule is CSCC(=O)C[C@@H](CCCN=C(N)N[N+](=O)[O-])C(=O)N[C@@H](CC(C)C)B1O[C@@H]2C[C@H]3C[C@H](C3(C)C)[C@]2(C)O1. The number of amides is 1. The molecule has 13 heteroatoms. The molecule has 3 saturated carbocycles. The Bertz CT molecular complexity index is 921. The lowest BCUT2D eigenvalue weighted by molar-refractivity contribution is -0.525. The van der Waals surface area contributed by atoms with Crippen LogP contribution >= 0.6 is 11.8 Å². The number of carbonyl (C=O) groups excluding carboxylic acids is 2. The molecule has 1 aliphatic heterocycles. The van der Waals surface area contributed by atoms with Gasteiger partial charge in [-0.15, -0.1) is 0 Å². The number of carbonyl (C=O) groups is 2. The molecule has 0 unspecified atom stereocenters. The highest BCUT2D eigenvalue weighted by Crippen LogP contribution is 2.65. The van der Waals surface area contributed by atoms with E-state index in [9.17, 15) is 19.7 Å². The van der Waals surface area contributed by atoms with Crippen LogP contribution in [-0.4, -0.2) is 66.0 Å². The third-order valence-corrected chi connectivity index (χ3v) is 9.31. The molecule has 0 aromatic carbocycles. The van der Waals surface area contributed by atoms with E-state index in [-0.39, 0.29) is 53.7 Å². The summed E-state index contributed by atoms with van der Waals surface area (Å²) in [5.74, 6) is 0.325. The molecule has 4 rings (SSSR count). The van der Waals surface area contributed by atoms with Crippen LogP contribution in [-0.2, 0) is 18.9 Å². The number of hydrogen-bond donors (Lipinski definition) is 3. The van der Waals surface area contributed by atoms with E-state index >= 15 is 0 Å². The Kier molecular flexibility index (Phi) is 10.1. The van der Waals surface area contributed by atoms with Gasteiger partial charge in [0.15, 0.2) is 5.03 Å². The number of nitrogens with one attached hydrogen (secondary N) is 2. The molecule has 0 aromatic heterocycles. The van der Waals surface area contributed by atoms with E-state index in [1.807, 2.05) is 6.26 Å². The van der Waals surface area contributed by atoms with Gasteiger partial charge in [0.1, 0.15) is 5.78 Å². The molecule has 3 aliphatic carbocycles. The van der Waals surface area contributed by atoms with E-state index in [1.165, 1.54) is 11.8 Å². The number of nitro groups is 1. The summed E-state index contributed by atoms with van der Waals surface area (Å²) in [6.45, 7) is 11.2. The summed E-state index contributed by atoms with van der Waals surface area (Å²) in [4.78, 5) is 40.4. The first-order valence-corrected chi connectivity index (χ1v) is 15.0. The van der Waals surface area contributed by atoms with Gasteiger partial charge in [-0.25, -0.2) is 15.1 Å². The second-order valence-electron chi connectivity index (χ2n) is 12.2. The number of guanidine groups is 1. The molecule has 1 saturated heterocycles. The Morgan fingerprint density at radius 2 is 2.00 bits per heavy atom. The van der Waals surface area contributed by atoms with Gasteiger partial charge in [-0.2, -0.15) is 11.8 Å². The molecule has 4 aliphatic rings. The number of Topliss-reactive ketones (excluding diaryl/α,β-unsaturated/α-hetero) is 1. The maximum Gasteiger partial charge on any atom is 0.481 e. The number of aliphatic imine (C=N–C) groups is 1. The van der Waals surface area contributed by atoms with Crippen LogP contribution in [0.3, 0.4) is 0 Å². The number of hydrazine groups is 1. The lowest BCUT2D eigenvalue weighted by Crippen LogP contribution is -2.65. The van der Waals surface area contributed by atoms with Crippen LogP contribution in [0.25, 0.3) is 0 Å². The maximum atomic E-state index is 13.5. The van der Waals surface area contributed by atoms with Gasteiger partial charge >= 0.3 is 7.12 Å². The molecule has 2 bridgehead atoms. The molecule has 0 spiro atoms. The van der Waals surface area contributed by atoms with E-state index in [0.717, 1.165) is 12.8 Å². The van der Waals surface area contributed by atoms with Crippen LogP contribution in [0.2, 0.25) is 0 Å². The average Bonchev–Trinajstić information content (AvgIpc) is 3.17. The molecule has 38 heavy (non-hydrogen) atoms. The Labute approximate surface area is 230 Å². The van der Waals surface area contributed by atoms with Crippen molar-refractivity contribution in [1.29, 1.82) is 0 Å². The zero-order valence-corrected chi connectivity index (χ0v) is 24.3. The van der Waals surface area contributed by atoms with E-state index in [2.05, 4.69) is 44.9 Å². The van der Waals surface area contributed by atoms with Gasteiger partial charge < -0.3 is 20.4 Å². The summed E-state index contributed by atoms with van der Waals surface area (Å²) in [5, 5.41) is 12.9. The number of nitrogens with zero attached hydrogens (tertiary/aromatic N) is 2. The fraction of sp³-hybridized carbons (Fsp3) is 0.880. The third-order valence-electron chi connectivity index (χ3n) is 8.70. The third kappa shape index (κ3) is 7.01. The van der Waals surface area contributed by atoms with E-state index in [0.29, 0.717) is 42.8 Å². The number of nitrogens with two attached hydrogens (primary N) is 1. The van der Waals surface area contributed by atoms with Crippen molar-refractivity contribution in [1.82, 2.24) is 10.7 Å². The number of rotatable bonds is 14. The van der Waals surface area contributed by atoms with Crippen LogP contribution in [0.15, 0.2) is 4.99 Å². The fourth-order valence-electron chi connectivity index (χ4n) is 6.60. The van der Waals surface area contributed by atoms with Crippen molar-refractivity contribution < 1.29 is 23.9 Å². The lowest BCUT2D eigenvalue weighted by Gasteiger charge is -2.64. The Morgan fingerprint density at radius 3 is 2.61 bits per heavy atom. The first kappa shape index (κ1) is 30.7. The molecular weight excluding hydrogens is 509 g/mol. The quantitative estimate of drug-likeness (QED) is 0.0734. The Hall–Kier alpha value is -1.86. The predicted molar refractivity (Wildman–Crippen MR) is 149 cm³/mol. The van der Waals surface area contributed by atoms with E-state index < -0.39 is 18.1 Å². The molecule has 214 valence electrons. The van der Waals surface area contributed by atoms with Crippen LogP contribution in [0.5, 0.6) is 0 Å². The number of thioether (sulfide) groups is 1. The zero-order chi connectivity index (χ0) is 28.3. The molecule has 4 N–H and O–H groups in total. The largest absolute Gasteiger partial charge is 0.481 e. The van der Waals surface area contributed by atoms with Gasteiger partial charge in [0, 0.05) is 18.9 Å². The highest BCUT2D eigenvalue weighted by atomic mass is 32.2. The summed E-state index contributed by atoms with van der Waals surface area (Å²) < 4.78 is 13.1. The normalized spacial score (nSPS) is 29.3. The van der Waals surface area contributed by atoms with E-state index in [4.69, 9.17) is 15.0 Å². The topological polar surface area (TPSA) is 158 Å². The zero-order valence-electron chi connectivity index (χ0n) is 23.5. The molecule has 0 radical (unpaired) electrons. The second kappa shape index (κ2) is 12.5. The molecule has 4 fully saturated rings. The first-order chi connectivity index (χ1) is 17.8. The van der Waals surface area contributed by atoms with Gasteiger partial charge in [0.2, 0.25) is 5.91 Å². The highest BCUT2D eigenvalue weighted by Gasteiger charge is 2.68. The molecule has 11 nitrogen and oxygen atoms in total. The van der Waals surface area contributed by atoms with Crippen molar-refractivity contribution in [2.45, 2.75) is 90.8 Å². The molecule has 1 amide bonds. The highest BCUT2D eigenvalue weighted by molar-refractivity contribution is 7.99. The Morgan fingerprint density at radius 1 is 1.29 bits per heavy atom. The monoisotopic (exact) mass is 553 g/mol. The maximum absolute atomic E-state index is 13.5. The van der Waals surface area contributed by atoms with Crippen LogP contribution in [0.1, 0.15) is 73.1 Å². The molecule has 1 heterocycles. The van der Waals surface area contributed by atoms with Crippen molar-refractivity contribution in [2.24, 2.45) is 39.8 Å². The van der Waals surface area contributed by atoms with Crippen molar-refractivity contribution in [3.63, 3.8) is 0 Å². The summed E-state index contributed by atoms with van der Waals surface area (Å²) in [5.41, 5.74) is 7.13. The van der Waals surface area contributed by atoms with Crippen LogP contribution in [0.4, 0.5) is 0 Å². The standard InChI is InChI=1S/C25H44BN5O6S/c1-15(2)10-21(26-36-20-13-17-12-19(24(17,3)4)25(20,5)37-26)29-22(33)16(11-18(32)14-38-6)8-7-9-28-23(27)30-31(34)35/h15-17,19-21H,7-14H2,1-6H3,(H,29,33)(H3,27,28,30)/t16-,17-,19-,20-,21+,25+/m1/s1. The van der Waals surface area contributed by atoms with Gasteiger partial charge in [0.05, 0.1) is 23.4 Å². The summed E-state index contributed by atoms with van der Waals surface area (Å²) in [6, 6.07) is 0. The van der Waals surface area contributed by atoms with Gasteiger partial charge in [0.25, 0.3) is 5.96 Å². The fourth-order valence-corrected chi connectivity index (χ4v) is 7.04.